The van der Waals surface area contributed by atoms with Crippen LogP contribution in [0.25, 0.3) is 0 Å². The molecule has 4 rings (SSSR count). The molecule has 1 aromatic rings. The van der Waals surface area contributed by atoms with Gasteiger partial charge in [0.1, 0.15) is 0 Å². The number of nitrogens with one attached hydrogen (secondary N) is 3. The Bertz CT molecular complexity index is 417. The van der Waals surface area contributed by atoms with Gasteiger partial charge in [0.15, 0.2) is 0 Å². The minimum atomic E-state index is 0.316. The highest BCUT2D eigenvalue weighted by atomic mass is 15.3. The van der Waals surface area contributed by atoms with Gasteiger partial charge in [-0.15, -0.1) is 0 Å². The predicted molar refractivity (Wildman–Crippen MR) is 59.9 cm³/mol. The Kier molecular flexibility index (Phi) is 1.38. The molecule has 1 aromatic carbocycles. The molecule has 3 atom stereocenters. The average molecular weight is 201 g/mol. The van der Waals surface area contributed by atoms with Crippen molar-refractivity contribution in [3.05, 3.63) is 29.8 Å². The Morgan fingerprint density at radius 2 is 2.13 bits per heavy atom. The van der Waals surface area contributed by atoms with Gasteiger partial charge in [-0.3, -0.25) is 5.32 Å². The standard InChI is InChI=1S/C12H15N3/c1-2-4-9-8(3-1)12-5-6-13-10(12)7-14-11(12)15-9/h1-4,10-11,13-15H,5-7H2. The number of anilines is 1. The van der Waals surface area contributed by atoms with E-state index in [0.717, 1.165) is 13.1 Å². The van der Waals surface area contributed by atoms with E-state index < -0.39 is 0 Å². The number of hydrogen-bond donors (Lipinski definition) is 3. The van der Waals surface area contributed by atoms with Gasteiger partial charge in [0.25, 0.3) is 0 Å². The van der Waals surface area contributed by atoms with Gasteiger partial charge in [0.2, 0.25) is 0 Å². The van der Waals surface area contributed by atoms with Gasteiger partial charge < -0.3 is 10.6 Å². The Balaban J connectivity index is 1.95. The Hall–Kier alpha value is -1.06. The van der Waals surface area contributed by atoms with Crippen molar-refractivity contribution in [2.45, 2.75) is 24.0 Å². The summed E-state index contributed by atoms with van der Waals surface area (Å²) in [5, 5.41) is 10.8. The third-order valence-corrected chi connectivity index (χ3v) is 4.32. The third kappa shape index (κ3) is 0.802. The zero-order valence-electron chi connectivity index (χ0n) is 8.59. The number of para-hydroxylation sites is 1. The van der Waals surface area contributed by atoms with Crippen molar-refractivity contribution in [2.75, 3.05) is 18.4 Å². The minimum Gasteiger partial charge on any atom is -0.369 e. The van der Waals surface area contributed by atoms with Crippen LogP contribution in [0.5, 0.6) is 0 Å². The second-order valence-corrected chi connectivity index (χ2v) is 4.83. The molecule has 78 valence electrons. The van der Waals surface area contributed by atoms with Gasteiger partial charge in [0, 0.05) is 23.7 Å². The molecule has 3 N–H and O–H groups in total. The first-order valence-electron chi connectivity index (χ1n) is 5.74. The topological polar surface area (TPSA) is 36.1 Å². The van der Waals surface area contributed by atoms with Crippen LogP contribution in [0, 0.1) is 0 Å². The summed E-state index contributed by atoms with van der Waals surface area (Å²) in [6.07, 6.45) is 1.69. The number of hydrogen-bond acceptors (Lipinski definition) is 3. The van der Waals surface area contributed by atoms with E-state index in [9.17, 15) is 0 Å². The highest BCUT2D eigenvalue weighted by molar-refractivity contribution is 5.64. The van der Waals surface area contributed by atoms with Gasteiger partial charge in [-0.05, 0) is 24.6 Å². The zero-order chi connectivity index (χ0) is 9.88. The third-order valence-electron chi connectivity index (χ3n) is 4.32. The van der Waals surface area contributed by atoms with Crippen molar-refractivity contribution in [1.29, 1.82) is 0 Å². The fourth-order valence-electron chi connectivity index (χ4n) is 3.66. The lowest BCUT2D eigenvalue weighted by Gasteiger charge is -2.27. The molecule has 0 aromatic heterocycles. The van der Waals surface area contributed by atoms with Gasteiger partial charge in [-0.1, -0.05) is 18.2 Å². The maximum atomic E-state index is 3.62. The lowest BCUT2D eigenvalue weighted by Crippen LogP contribution is -2.43. The second-order valence-electron chi connectivity index (χ2n) is 4.83. The highest BCUT2D eigenvalue weighted by Crippen LogP contribution is 2.49. The van der Waals surface area contributed by atoms with Crippen LogP contribution in [-0.4, -0.2) is 25.3 Å². The maximum absolute atomic E-state index is 3.62. The van der Waals surface area contributed by atoms with Crippen LogP contribution in [0.15, 0.2) is 24.3 Å². The first kappa shape index (κ1) is 8.13. The first-order valence-corrected chi connectivity index (χ1v) is 5.74. The van der Waals surface area contributed by atoms with Crippen molar-refractivity contribution in [1.82, 2.24) is 10.6 Å². The molecule has 3 aliphatic heterocycles. The molecule has 3 nitrogen and oxygen atoms in total. The SMILES string of the molecule is c1ccc2c(c1)NC1NCC3NCCC231. The van der Waals surface area contributed by atoms with Crippen LogP contribution >= 0.6 is 0 Å². The van der Waals surface area contributed by atoms with Gasteiger partial charge >= 0.3 is 0 Å². The van der Waals surface area contributed by atoms with E-state index in [-0.39, 0.29) is 0 Å². The Morgan fingerprint density at radius 1 is 1.20 bits per heavy atom. The number of benzene rings is 1. The van der Waals surface area contributed by atoms with E-state index in [0.29, 0.717) is 17.6 Å². The maximum Gasteiger partial charge on any atom is 0.0884 e. The van der Waals surface area contributed by atoms with Gasteiger partial charge in [0.05, 0.1) is 6.17 Å². The molecule has 3 heterocycles. The smallest absolute Gasteiger partial charge is 0.0884 e. The number of fused-ring (bicyclic) bond motifs is 1. The second kappa shape index (κ2) is 2.54. The lowest BCUT2D eigenvalue weighted by atomic mass is 9.76. The molecule has 0 saturated carbocycles. The molecule has 15 heavy (non-hydrogen) atoms. The molecule has 0 bridgehead atoms. The van der Waals surface area contributed by atoms with Crippen molar-refractivity contribution >= 4 is 5.69 Å². The van der Waals surface area contributed by atoms with Crippen molar-refractivity contribution in [2.24, 2.45) is 0 Å². The summed E-state index contributed by atoms with van der Waals surface area (Å²) in [5.41, 5.74) is 3.15. The normalized spacial score (nSPS) is 40.8. The molecule has 2 fully saturated rings. The van der Waals surface area contributed by atoms with E-state index >= 15 is 0 Å². The molecule has 1 spiro atoms. The predicted octanol–water partition coefficient (Wildman–Crippen LogP) is 0.641. The van der Waals surface area contributed by atoms with Gasteiger partial charge in [-0.25, -0.2) is 0 Å². The largest absolute Gasteiger partial charge is 0.369 e. The van der Waals surface area contributed by atoms with Crippen LogP contribution in [0.4, 0.5) is 5.69 Å². The molecule has 0 aliphatic carbocycles. The molecule has 0 amide bonds. The van der Waals surface area contributed by atoms with E-state index in [1.807, 2.05) is 0 Å². The fraction of sp³-hybridized carbons (Fsp3) is 0.500. The molecule has 3 heteroatoms. The summed E-state index contributed by atoms with van der Waals surface area (Å²) in [6, 6.07) is 9.36. The van der Waals surface area contributed by atoms with Crippen molar-refractivity contribution in [3.63, 3.8) is 0 Å². The summed E-state index contributed by atoms with van der Waals surface area (Å²) in [4.78, 5) is 0. The van der Waals surface area contributed by atoms with E-state index in [1.165, 1.54) is 17.7 Å². The van der Waals surface area contributed by atoms with Crippen LogP contribution < -0.4 is 16.0 Å². The monoisotopic (exact) mass is 201 g/mol. The molecular formula is C12H15N3. The van der Waals surface area contributed by atoms with Crippen LogP contribution in [-0.2, 0) is 5.41 Å². The summed E-state index contributed by atoms with van der Waals surface area (Å²) < 4.78 is 0. The Labute approximate surface area is 89.3 Å². The first-order chi connectivity index (χ1) is 7.41. The van der Waals surface area contributed by atoms with E-state index in [1.54, 1.807) is 0 Å². The molecular weight excluding hydrogens is 186 g/mol. The quantitative estimate of drug-likeness (QED) is 0.576. The highest BCUT2D eigenvalue weighted by Gasteiger charge is 2.57. The van der Waals surface area contributed by atoms with Gasteiger partial charge in [-0.2, -0.15) is 0 Å². The summed E-state index contributed by atoms with van der Waals surface area (Å²) in [5.74, 6) is 0. The molecule has 2 saturated heterocycles. The summed E-state index contributed by atoms with van der Waals surface area (Å²) in [7, 11) is 0. The van der Waals surface area contributed by atoms with E-state index in [4.69, 9.17) is 0 Å². The van der Waals surface area contributed by atoms with E-state index in [2.05, 4.69) is 40.2 Å². The number of rotatable bonds is 0. The zero-order valence-corrected chi connectivity index (χ0v) is 8.59. The molecule has 0 radical (unpaired) electrons. The molecule has 3 unspecified atom stereocenters. The minimum absolute atomic E-state index is 0.316. The van der Waals surface area contributed by atoms with Crippen LogP contribution in [0.3, 0.4) is 0 Å². The van der Waals surface area contributed by atoms with Crippen molar-refractivity contribution < 1.29 is 0 Å². The van der Waals surface area contributed by atoms with Crippen LogP contribution in [0.1, 0.15) is 12.0 Å². The fourth-order valence-corrected chi connectivity index (χ4v) is 3.66. The molecule has 3 aliphatic rings. The van der Waals surface area contributed by atoms with Crippen molar-refractivity contribution in [3.8, 4) is 0 Å². The average Bonchev–Trinajstić information content (AvgIpc) is 2.87. The Morgan fingerprint density at radius 3 is 3.13 bits per heavy atom. The summed E-state index contributed by atoms with van der Waals surface area (Å²) >= 11 is 0. The summed E-state index contributed by atoms with van der Waals surface area (Å²) in [6.45, 7) is 2.24. The lowest BCUT2D eigenvalue weighted by molar-refractivity contribution is 0.411. The van der Waals surface area contributed by atoms with Crippen LogP contribution in [0.2, 0.25) is 0 Å².